The number of aryl methyl sites for hydroxylation is 2. The zero-order valence-corrected chi connectivity index (χ0v) is 16.7. The SMILES string of the molecule is Cc1cccc(C)c1N(CC(=O)NCCSc1ccccn1)S(C)(=O)=O. The summed E-state index contributed by atoms with van der Waals surface area (Å²) in [7, 11) is -3.57. The molecule has 1 aromatic heterocycles. The zero-order valence-electron chi connectivity index (χ0n) is 15.1. The summed E-state index contributed by atoms with van der Waals surface area (Å²) in [5, 5.41) is 3.65. The van der Waals surface area contributed by atoms with Crippen molar-refractivity contribution in [2.75, 3.05) is 29.4 Å². The van der Waals surface area contributed by atoms with E-state index < -0.39 is 10.0 Å². The Balaban J connectivity index is 1.97. The summed E-state index contributed by atoms with van der Waals surface area (Å²) in [6, 6.07) is 11.2. The summed E-state index contributed by atoms with van der Waals surface area (Å²) in [5.74, 6) is 0.324. The first-order valence-electron chi connectivity index (χ1n) is 8.13. The third-order valence-corrected chi connectivity index (χ3v) is 5.75. The largest absolute Gasteiger partial charge is 0.354 e. The number of carbonyl (C=O) groups excluding carboxylic acids is 1. The fourth-order valence-corrected chi connectivity index (χ4v) is 4.22. The van der Waals surface area contributed by atoms with Crippen molar-refractivity contribution in [2.24, 2.45) is 0 Å². The average molecular weight is 394 g/mol. The van der Waals surface area contributed by atoms with Crippen molar-refractivity contribution < 1.29 is 13.2 Å². The Bertz CT molecular complexity index is 835. The van der Waals surface area contributed by atoms with E-state index in [1.165, 1.54) is 16.1 Å². The van der Waals surface area contributed by atoms with Crippen molar-refractivity contribution >= 4 is 33.4 Å². The van der Waals surface area contributed by atoms with Gasteiger partial charge in [0, 0.05) is 18.5 Å². The molecule has 6 nitrogen and oxygen atoms in total. The van der Waals surface area contributed by atoms with E-state index in [1.807, 2.05) is 50.2 Å². The second kappa shape index (κ2) is 9.05. The molecule has 0 fully saturated rings. The van der Waals surface area contributed by atoms with Crippen LogP contribution >= 0.6 is 11.8 Å². The Morgan fingerprint density at radius 2 is 1.85 bits per heavy atom. The summed E-state index contributed by atoms with van der Waals surface area (Å²) < 4.78 is 25.6. The molecule has 0 radical (unpaired) electrons. The second-order valence-electron chi connectivity index (χ2n) is 5.88. The quantitative estimate of drug-likeness (QED) is 0.550. The van der Waals surface area contributed by atoms with E-state index in [0.717, 1.165) is 22.4 Å². The number of thioether (sulfide) groups is 1. The first kappa shape index (κ1) is 20.3. The number of sulfonamides is 1. The van der Waals surface area contributed by atoms with Crippen LogP contribution in [-0.4, -0.2) is 44.4 Å². The van der Waals surface area contributed by atoms with Crippen molar-refractivity contribution in [1.82, 2.24) is 10.3 Å². The molecule has 0 saturated heterocycles. The van der Waals surface area contributed by atoms with E-state index in [-0.39, 0.29) is 12.5 Å². The number of benzene rings is 1. The van der Waals surface area contributed by atoms with Gasteiger partial charge in [-0.05, 0) is 37.1 Å². The predicted octanol–water partition coefficient (Wildman–Crippen LogP) is 2.37. The number of nitrogens with one attached hydrogen (secondary N) is 1. The highest BCUT2D eigenvalue weighted by atomic mass is 32.2. The fraction of sp³-hybridized carbons (Fsp3) is 0.333. The van der Waals surface area contributed by atoms with Crippen LogP contribution in [0.2, 0.25) is 0 Å². The summed E-state index contributed by atoms with van der Waals surface area (Å²) >= 11 is 1.53. The van der Waals surface area contributed by atoms with Crippen LogP contribution in [0.5, 0.6) is 0 Å². The zero-order chi connectivity index (χ0) is 19.2. The van der Waals surface area contributed by atoms with Gasteiger partial charge in [-0.2, -0.15) is 0 Å². The summed E-state index contributed by atoms with van der Waals surface area (Å²) in [4.78, 5) is 16.5. The Morgan fingerprint density at radius 3 is 2.42 bits per heavy atom. The topological polar surface area (TPSA) is 79.4 Å². The van der Waals surface area contributed by atoms with Crippen molar-refractivity contribution in [3.8, 4) is 0 Å². The van der Waals surface area contributed by atoms with Gasteiger partial charge >= 0.3 is 0 Å². The molecule has 140 valence electrons. The van der Waals surface area contributed by atoms with Crippen LogP contribution in [0.3, 0.4) is 0 Å². The van der Waals surface area contributed by atoms with Crippen molar-refractivity contribution in [3.63, 3.8) is 0 Å². The van der Waals surface area contributed by atoms with Gasteiger partial charge in [-0.15, -0.1) is 11.8 Å². The van der Waals surface area contributed by atoms with E-state index in [1.54, 1.807) is 6.20 Å². The third kappa shape index (κ3) is 5.74. The minimum Gasteiger partial charge on any atom is -0.354 e. The van der Waals surface area contributed by atoms with Crippen LogP contribution in [0, 0.1) is 13.8 Å². The minimum absolute atomic E-state index is 0.237. The Hall–Kier alpha value is -2.06. The molecule has 0 bridgehead atoms. The van der Waals surface area contributed by atoms with Gasteiger partial charge in [-0.3, -0.25) is 9.10 Å². The number of hydrogen-bond donors (Lipinski definition) is 1. The molecular formula is C18H23N3O3S2. The summed E-state index contributed by atoms with van der Waals surface area (Å²) in [6.07, 6.45) is 2.83. The number of carbonyl (C=O) groups is 1. The molecule has 26 heavy (non-hydrogen) atoms. The molecular weight excluding hydrogens is 370 g/mol. The molecule has 1 N–H and O–H groups in total. The van der Waals surface area contributed by atoms with E-state index >= 15 is 0 Å². The lowest BCUT2D eigenvalue weighted by Crippen LogP contribution is -2.41. The molecule has 2 aromatic rings. The molecule has 0 unspecified atom stereocenters. The molecule has 2 rings (SSSR count). The first-order valence-corrected chi connectivity index (χ1v) is 11.0. The number of nitrogens with zero attached hydrogens (tertiary/aromatic N) is 2. The number of aromatic nitrogens is 1. The minimum atomic E-state index is -3.57. The standard InChI is InChI=1S/C18H23N3O3S2/c1-14-7-6-8-15(2)18(14)21(26(3,23)24)13-16(22)19-11-12-25-17-9-4-5-10-20-17/h4-10H,11-13H2,1-3H3,(H,19,22). The third-order valence-electron chi connectivity index (χ3n) is 3.69. The maximum Gasteiger partial charge on any atom is 0.240 e. The lowest BCUT2D eigenvalue weighted by atomic mass is 10.1. The number of rotatable bonds is 8. The van der Waals surface area contributed by atoms with Gasteiger partial charge in [0.1, 0.15) is 6.54 Å². The number of pyridine rings is 1. The molecule has 0 aliphatic carbocycles. The molecule has 0 aliphatic rings. The van der Waals surface area contributed by atoms with E-state index in [4.69, 9.17) is 0 Å². The fourth-order valence-electron chi connectivity index (χ4n) is 2.53. The van der Waals surface area contributed by atoms with E-state index in [2.05, 4.69) is 10.3 Å². The van der Waals surface area contributed by atoms with Gasteiger partial charge in [0.2, 0.25) is 15.9 Å². The molecule has 0 atom stereocenters. The van der Waals surface area contributed by atoms with Crippen LogP contribution in [-0.2, 0) is 14.8 Å². The Morgan fingerprint density at radius 1 is 1.15 bits per heavy atom. The van der Waals surface area contributed by atoms with Crippen molar-refractivity contribution in [1.29, 1.82) is 0 Å². The predicted molar refractivity (Wildman–Crippen MR) is 106 cm³/mol. The number of amides is 1. The van der Waals surface area contributed by atoms with Gasteiger partial charge in [0.05, 0.1) is 17.0 Å². The maximum atomic E-state index is 12.3. The molecule has 1 amide bonds. The van der Waals surface area contributed by atoms with Crippen LogP contribution < -0.4 is 9.62 Å². The molecule has 8 heteroatoms. The average Bonchev–Trinajstić information content (AvgIpc) is 2.58. The Labute approximate surface area is 159 Å². The molecule has 0 saturated carbocycles. The highest BCUT2D eigenvalue weighted by molar-refractivity contribution is 7.99. The maximum absolute atomic E-state index is 12.3. The van der Waals surface area contributed by atoms with Crippen LogP contribution in [0.1, 0.15) is 11.1 Å². The number of hydrogen-bond acceptors (Lipinski definition) is 5. The highest BCUT2D eigenvalue weighted by Gasteiger charge is 2.23. The molecule has 0 aliphatic heterocycles. The van der Waals surface area contributed by atoms with E-state index in [9.17, 15) is 13.2 Å². The molecule has 0 spiro atoms. The van der Waals surface area contributed by atoms with Gasteiger partial charge < -0.3 is 5.32 Å². The van der Waals surface area contributed by atoms with Gasteiger partial charge in [0.25, 0.3) is 0 Å². The number of para-hydroxylation sites is 1. The molecule has 1 aromatic carbocycles. The lowest BCUT2D eigenvalue weighted by molar-refractivity contribution is -0.119. The normalized spacial score (nSPS) is 11.2. The van der Waals surface area contributed by atoms with Gasteiger partial charge in [0.15, 0.2) is 0 Å². The van der Waals surface area contributed by atoms with Crippen molar-refractivity contribution in [3.05, 3.63) is 53.7 Å². The smallest absolute Gasteiger partial charge is 0.240 e. The van der Waals surface area contributed by atoms with Crippen LogP contribution in [0.15, 0.2) is 47.6 Å². The second-order valence-corrected chi connectivity index (χ2v) is 8.90. The highest BCUT2D eigenvalue weighted by Crippen LogP contribution is 2.26. The van der Waals surface area contributed by atoms with Gasteiger partial charge in [-0.25, -0.2) is 13.4 Å². The van der Waals surface area contributed by atoms with E-state index in [0.29, 0.717) is 18.0 Å². The lowest BCUT2D eigenvalue weighted by Gasteiger charge is -2.25. The Kier molecular flexibility index (Phi) is 7.05. The monoisotopic (exact) mass is 393 g/mol. The van der Waals surface area contributed by atoms with Crippen LogP contribution in [0.25, 0.3) is 0 Å². The number of anilines is 1. The van der Waals surface area contributed by atoms with Crippen molar-refractivity contribution in [2.45, 2.75) is 18.9 Å². The summed E-state index contributed by atoms with van der Waals surface area (Å²) in [5.41, 5.74) is 2.19. The molecule has 1 heterocycles. The first-order chi connectivity index (χ1) is 12.3. The summed E-state index contributed by atoms with van der Waals surface area (Å²) in [6.45, 7) is 3.87. The van der Waals surface area contributed by atoms with Gasteiger partial charge in [-0.1, -0.05) is 24.3 Å². The van der Waals surface area contributed by atoms with Crippen LogP contribution in [0.4, 0.5) is 5.69 Å².